The lowest BCUT2D eigenvalue weighted by atomic mass is 9.86. The highest BCUT2D eigenvalue weighted by molar-refractivity contribution is 6.05. The second-order valence-electron chi connectivity index (χ2n) is 12.2. The summed E-state index contributed by atoms with van der Waals surface area (Å²) < 4.78 is 2.10. The number of carbonyl (C=O) groups excluding carboxylic acids is 2. The Labute approximate surface area is 262 Å². The fraction of sp³-hybridized carbons (Fsp3) is 0.343. The molecule has 1 saturated carbocycles. The minimum absolute atomic E-state index is 0.273. The molecule has 0 spiro atoms. The van der Waals surface area contributed by atoms with Crippen LogP contribution < -0.4 is 10.6 Å². The van der Waals surface area contributed by atoms with Crippen LogP contribution in [0, 0.1) is 0 Å². The molecule has 6 rings (SSSR count). The average molecular weight is 607 g/mol. The Balaban J connectivity index is 1.29. The van der Waals surface area contributed by atoms with Gasteiger partial charge in [0.05, 0.1) is 5.69 Å². The van der Waals surface area contributed by atoms with E-state index in [1.165, 1.54) is 24.5 Å². The zero-order valence-electron chi connectivity index (χ0n) is 25.6. The highest BCUT2D eigenvalue weighted by Crippen LogP contribution is 2.44. The van der Waals surface area contributed by atoms with Crippen molar-refractivity contribution in [2.75, 3.05) is 25.5 Å². The van der Waals surface area contributed by atoms with Crippen LogP contribution in [0.25, 0.3) is 28.5 Å². The van der Waals surface area contributed by atoms with E-state index in [-0.39, 0.29) is 11.8 Å². The summed E-state index contributed by atoms with van der Waals surface area (Å²) in [6.07, 6.45) is 11.6. The lowest BCUT2D eigenvalue weighted by Gasteiger charge is -2.40. The summed E-state index contributed by atoms with van der Waals surface area (Å²) in [6.45, 7) is 1.32. The molecule has 0 atom stereocenters. The first-order chi connectivity index (χ1) is 21.7. The van der Waals surface area contributed by atoms with E-state index >= 15 is 0 Å². The molecule has 1 aliphatic carbocycles. The number of amides is 2. The standard InChI is InChI=1S/C35H38N6O4/c1-40-20-16-35(17-21-40,34(45)38-26-12-8-23(9-13-26)10-15-29(42)43)39-33(44)25-11-14-27-28(22-25)41(2)31(32-36-18-5-19-37-32)30(27)24-6-3-4-7-24/h5,8-15,18-19,22,24H,3-4,6-7,16-17,20-21H2,1-2H3,(H,38,45)(H,39,44)(H,42,43)/b15-10+. The van der Waals surface area contributed by atoms with Crippen molar-refractivity contribution in [3.63, 3.8) is 0 Å². The number of nitrogens with one attached hydrogen (secondary N) is 2. The predicted molar refractivity (Wildman–Crippen MR) is 174 cm³/mol. The Morgan fingerprint density at radius 3 is 2.33 bits per heavy atom. The molecule has 2 aromatic heterocycles. The van der Waals surface area contributed by atoms with Crippen molar-refractivity contribution in [3.05, 3.63) is 83.7 Å². The monoisotopic (exact) mass is 606 g/mol. The first-order valence-corrected chi connectivity index (χ1v) is 15.5. The summed E-state index contributed by atoms with van der Waals surface area (Å²) in [4.78, 5) is 49.9. The number of hydrogen-bond donors (Lipinski definition) is 3. The number of rotatable bonds is 8. The summed E-state index contributed by atoms with van der Waals surface area (Å²) >= 11 is 0. The van der Waals surface area contributed by atoms with E-state index < -0.39 is 11.5 Å². The SMILES string of the molecule is CN1CCC(NC(=O)c2ccc3c(C4CCCC4)c(-c4ncccn4)n(C)c3c2)(C(=O)Nc2ccc(/C=C/C(=O)O)cc2)CC1. The Morgan fingerprint density at radius 1 is 0.978 bits per heavy atom. The number of hydrogen-bond acceptors (Lipinski definition) is 6. The van der Waals surface area contributed by atoms with E-state index in [1.807, 2.05) is 38.4 Å². The van der Waals surface area contributed by atoms with Gasteiger partial charge in [0.25, 0.3) is 5.91 Å². The van der Waals surface area contributed by atoms with Gasteiger partial charge in [-0.05, 0) is 86.2 Å². The molecule has 232 valence electrons. The van der Waals surface area contributed by atoms with Crippen LogP contribution in [0.2, 0.25) is 0 Å². The molecule has 3 N–H and O–H groups in total. The van der Waals surface area contributed by atoms with Gasteiger partial charge in [-0.1, -0.05) is 31.0 Å². The van der Waals surface area contributed by atoms with Crippen LogP contribution in [0.3, 0.4) is 0 Å². The predicted octanol–water partition coefficient (Wildman–Crippen LogP) is 5.22. The zero-order valence-corrected chi connectivity index (χ0v) is 25.6. The summed E-state index contributed by atoms with van der Waals surface area (Å²) in [5.41, 5.74) is 3.84. The van der Waals surface area contributed by atoms with Gasteiger partial charge in [0.15, 0.2) is 5.82 Å². The number of carbonyl (C=O) groups is 3. The van der Waals surface area contributed by atoms with E-state index in [0.29, 0.717) is 54.5 Å². The van der Waals surface area contributed by atoms with Crippen molar-refractivity contribution < 1.29 is 19.5 Å². The van der Waals surface area contributed by atoms with Gasteiger partial charge in [-0.3, -0.25) is 9.59 Å². The fourth-order valence-corrected chi connectivity index (χ4v) is 6.72. The fourth-order valence-electron chi connectivity index (χ4n) is 6.72. The smallest absolute Gasteiger partial charge is 0.328 e. The number of nitrogens with zero attached hydrogens (tertiary/aromatic N) is 4. The largest absolute Gasteiger partial charge is 0.478 e. The molecule has 2 fully saturated rings. The van der Waals surface area contributed by atoms with Crippen LogP contribution in [0.15, 0.2) is 67.0 Å². The molecular weight excluding hydrogens is 568 g/mol. The summed E-state index contributed by atoms with van der Waals surface area (Å²) in [7, 11) is 4.01. The van der Waals surface area contributed by atoms with E-state index in [9.17, 15) is 14.4 Å². The second-order valence-corrected chi connectivity index (χ2v) is 12.2. The normalized spacial score (nSPS) is 17.1. The molecule has 45 heavy (non-hydrogen) atoms. The van der Waals surface area contributed by atoms with Gasteiger partial charge >= 0.3 is 5.97 Å². The van der Waals surface area contributed by atoms with Gasteiger partial charge in [-0.2, -0.15) is 0 Å². The third-order valence-electron chi connectivity index (χ3n) is 9.26. The number of piperidine rings is 1. The molecular formula is C35H38N6O4. The number of fused-ring (bicyclic) bond motifs is 1. The molecule has 3 heterocycles. The quantitative estimate of drug-likeness (QED) is 0.235. The van der Waals surface area contributed by atoms with Crippen molar-refractivity contribution in [3.8, 4) is 11.5 Å². The number of likely N-dealkylation sites (tertiary alicyclic amines) is 1. The molecule has 1 aliphatic heterocycles. The second kappa shape index (κ2) is 12.6. The summed E-state index contributed by atoms with van der Waals surface area (Å²) in [6, 6.07) is 14.5. The van der Waals surface area contributed by atoms with Gasteiger partial charge in [0.2, 0.25) is 5.91 Å². The van der Waals surface area contributed by atoms with Crippen LogP contribution in [0.4, 0.5) is 5.69 Å². The van der Waals surface area contributed by atoms with Gasteiger partial charge in [0, 0.05) is 60.8 Å². The van der Waals surface area contributed by atoms with Crippen LogP contribution in [-0.4, -0.2) is 68.0 Å². The molecule has 4 aromatic rings. The number of aromatic nitrogens is 3. The highest BCUT2D eigenvalue weighted by atomic mass is 16.4. The molecule has 2 amide bonds. The Kier molecular flexibility index (Phi) is 8.49. The third-order valence-corrected chi connectivity index (χ3v) is 9.26. The molecule has 2 aromatic carbocycles. The molecule has 0 bridgehead atoms. The van der Waals surface area contributed by atoms with E-state index in [1.54, 1.807) is 36.7 Å². The number of benzene rings is 2. The first-order valence-electron chi connectivity index (χ1n) is 15.5. The molecule has 10 heteroatoms. The maximum atomic E-state index is 13.9. The van der Waals surface area contributed by atoms with Crippen molar-refractivity contribution in [2.45, 2.75) is 50.0 Å². The molecule has 10 nitrogen and oxygen atoms in total. The Hall–Kier alpha value is -4.83. The molecule has 0 radical (unpaired) electrons. The van der Waals surface area contributed by atoms with E-state index in [4.69, 9.17) is 5.11 Å². The van der Waals surface area contributed by atoms with Crippen molar-refractivity contribution in [1.29, 1.82) is 0 Å². The zero-order chi connectivity index (χ0) is 31.6. The maximum Gasteiger partial charge on any atom is 0.328 e. The third kappa shape index (κ3) is 6.23. The Bertz CT molecular complexity index is 1750. The van der Waals surface area contributed by atoms with Gasteiger partial charge in [0.1, 0.15) is 5.54 Å². The minimum atomic E-state index is -1.09. The van der Waals surface area contributed by atoms with E-state index in [0.717, 1.165) is 35.5 Å². The van der Waals surface area contributed by atoms with Crippen molar-refractivity contribution in [1.82, 2.24) is 24.8 Å². The van der Waals surface area contributed by atoms with Gasteiger partial charge in [-0.25, -0.2) is 14.8 Å². The van der Waals surface area contributed by atoms with Crippen molar-refractivity contribution in [2.24, 2.45) is 7.05 Å². The number of aryl methyl sites for hydroxylation is 1. The number of carboxylic acids is 1. The maximum absolute atomic E-state index is 13.9. The minimum Gasteiger partial charge on any atom is -0.478 e. The van der Waals surface area contributed by atoms with Crippen molar-refractivity contribution >= 4 is 40.4 Å². The topological polar surface area (TPSA) is 129 Å². The van der Waals surface area contributed by atoms with Crippen LogP contribution in [0.1, 0.15) is 65.9 Å². The lowest BCUT2D eigenvalue weighted by molar-refractivity contribution is -0.131. The number of anilines is 1. The number of carboxylic acid groups (broad SMARTS) is 1. The molecule has 0 unspecified atom stereocenters. The molecule has 2 aliphatic rings. The lowest BCUT2D eigenvalue weighted by Crippen LogP contribution is -2.61. The van der Waals surface area contributed by atoms with Gasteiger partial charge < -0.3 is 25.2 Å². The van der Waals surface area contributed by atoms with E-state index in [2.05, 4.69) is 30.1 Å². The number of aliphatic carboxylic acids is 1. The summed E-state index contributed by atoms with van der Waals surface area (Å²) in [5, 5.41) is 16.1. The molecule has 1 saturated heterocycles. The highest BCUT2D eigenvalue weighted by Gasteiger charge is 2.42. The van der Waals surface area contributed by atoms with Crippen LogP contribution in [-0.2, 0) is 16.6 Å². The first kappa shape index (κ1) is 30.2. The van der Waals surface area contributed by atoms with Crippen LogP contribution >= 0.6 is 0 Å². The van der Waals surface area contributed by atoms with Crippen LogP contribution in [0.5, 0.6) is 0 Å². The van der Waals surface area contributed by atoms with Gasteiger partial charge in [-0.15, -0.1) is 0 Å². The Morgan fingerprint density at radius 2 is 1.67 bits per heavy atom. The average Bonchev–Trinajstić information content (AvgIpc) is 3.68. The summed E-state index contributed by atoms with van der Waals surface area (Å²) in [5.74, 6) is -0.507.